The van der Waals surface area contributed by atoms with Crippen LogP contribution in [-0.4, -0.2) is 276 Å². The summed E-state index contributed by atoms with van der Waals surface area (Å²) in [6.45, 7) is 18.2. The highest BCUT2D eigenvalue weighted by molar-refractivity contribution is 6.39. The number of piperidine rings is 1. The highest BCUT2D eigenvalue weighted by Gasteiger charge is 2.53. The molecule has 3 saturated heterocycles. The van der Waals surface area contributed by atoms with E-state index in [1.54, 1.807) is 76.3 Å². The fourth-order valence-corrected chi connectivity index (χ4v) is 17.7. The maximum absolute atomic E-state index is 14.9. The highest BCUT2D eigenvalue weighted by Crippen LogP contribution is 2.41. The maximum Gasteiger partial charge on any atom is 0.329 e. The fraction of sp³-hybridized carbons (Fsp3) is 0.587. The lowest BCUT2D eigenvalue weighted by atomic mass is 9.77. The number of aliphatic hydroxyl groups is 2. The third-order valence-electron chi connectivity index (χ3n) is 25.3. The summed E-state index contributed by atoms with van der Waals surface area (Å²) in [5.74, 6) is -7.41. The van der Waals surface area contributed by atoms with Gasteiger partial charge in [0.1, 0.15) is 59.4 Å². The number of nitrogens with two attached hydrogens (primary N) is 1. The number of unbranched alkanes of at least 4 members (excludes halogenated alkanes) is 1. The Hall–Kier alpha value is -10.7. The van der Waals surface area contributed by atoms with E-state index in [1.807, 2.05) is 79.9 Å². The lowest BCUT2D eigenvalue weighted by Gasteiger charge is -2.42. The van der Waals surface area contributed by atoms with Crippen LogP contribution in [0, 0.1) is 35.5 Å². The first-order chi connectivity index (χ1) is 61.7. The summed E-state index contributed by atoms with van der Waals surface area (Å²) in [7, 11) is 4.61. The second kappa shape index (κ2) is 46.0. The van der Waals surface area contributed by atoms with E-state index in [0.717, 1.165) is 35.0 Å². The van der Waals surface area contributed by atoms with Crippen molar-refractivity contribution in [2.75, 3.05) is 122 Å². The number of ketones is 3. The Kier molecular flexibility index (Phi) is 34.7. The van der Waals surface area contributed by atoms with Gasteiger partial charge in [0.25, 0.3) is 17.6 Å². The van der Waals surface area contributed by atoms with Gasteiger partial charge in [-0.15, -0.1) is 5.10 Å². The van der Waals surface area contributed by atoms with Crippen molar-refractivity contribution in [1.29, 1.82) is 0 Å². The summed E-state index contributed by atoms with van der Waals surface area (Å²) in [5.41, 5.74) is 11.9. The van der Waals surface area contributed by atoms with Gasteiger partial charge in [0.15, 0.2) is 11.4 Å². The van der Waals surface area contributed by atoms with E-state index in [2.05, 4.69) is 50.8 Å². The van der Waals surface area contributed by atoms with Crippen LogP contribution in [0.5, 0.6) is 5.75 Å². The van der Waals surface area contributed by atoms with Crippen LogP contribution in [-0.2, 0) is 73.2 Å². The molecule has 36 nitrogen and oxygen atoms in total. The Morgan fingerprint density at radius 3 is 2.20 bits per heavy atom. The highest BCUT2D eigenvalue weighted by atomic mass is 16.6. The summed E-state index contributed by atoms with van der Waals surface area (Å²) in [6, 6.07) is 5.59. The van der Waals surface area contributed by atoms with E-state index >= 15 is 0 Å². The molecule has 0 unspecified atom stereocenters. The monoisotopic (exact) mass is 1770 g/mol. The number of cyclic esters (lactones) is 1. The van der Waals surface area contributed by atoms with Gasteiger partial charge in [-0.25, -0.2) is 44.1 Å². The number of nitrogens with one attached hydrogen (secondary N) is 3. The number of benzene rings is 1. The second-order valence-corrected chi connectivity index (χ2v) is 34.6. The topological polar surface area (TPSA) is 455 Å². The number of phenolic OH excluding ortho intramolecular Hbond substituents is 1. The van der Waals surface area contributed by atoms with Crippen LogP contribution >= 0.6 is 0 Å². The molecule has 2 bridgehead atoms. The zero-order chi connectivity index (χ0) is 91.1. The Labute approximate surface area is 745 Å². The van der Waals surface area contributed by atoms with Gasteiger partial charge in [-0.2, -0.15) is 5.10 Å². The summed E-state index contributed by atoms with van der Waals surface area (Å²) in [5, 5.41) is 55.1. The third-order valence-corrected chi connectivity index (χ3v) is 25.3. The molecular weight excluding hydrogens is 1650 g/mol. The number of hydrogen-bond acceptors (Lipinski definition) is 30. The molecule has 6 aromatic heterocycles. The molecular formula is C92H126N18O18. The van der Waals surface area contributed by atoms with Gasteiger partial charge in [0, 0.05) is 152 Å². The number of rotatable bonds is 29. The first-order valence-corrected chi connectivity index (χ1v) is 44.8. The largest absolute Gasteiger partial charge is 0.508 e. The zero-order valence-electron chi connectivity index (χ0n) is 75.1. The number of methoxy groups -OCH3 is 3. The number of phenols is 1. The Bertz CT molecular complexity index is 5030. The van der Waals surface area contributed by atoms with Crippen molar-refractivity contribution >= 4 is 80.7 Å². The first kappa shape index (κ1) is 96.4. The smallest absolute Gasteiger partial charge is 0.329 e. The number of amides is 3. The van der Waals surface area contributed by atoms with Gasteiger partial charge in [-0.1, -0.05) is 76.3 Å². The Balaban J connectivity index is 0.563. The molecule has 12 rings (SSSR count). The quantitative estimate of drug-likeness (QED) is 0.00998. The number of allylic oxidation sites excluding steroid dienone is 6. The summed E-state index contributed by atoms with van der Waals surface area (Å²) >= 11 is 0. The average Bonchev–Trinajstić information content (AvgIpc) is 1.63. The van der Waals surface area contributed by atoms with Crippen LogP contribution in [0.3, 0.4) is 0 Å². The molecule has 3 amide bonds. The number of hydrogen-bond donors (Lipinski definition) is 7. The number of H-pyrrole nitrogens is 1. The number of nitrogens with zero attached hydrogens (tertiary/aromatic N) is 14. The van der Waals surface area contributed by atoms with Crippen molar-refractivity contribution in [3.05, 3.63) is 115 Å². The van der Waals surface area contributed by atoms with Crippen molar-refractivity contribution in [2.24, 2.45) is 35.5 Å². The molecule has 36 heteroatoms. The maximum atomic E-state index is 14.9. The zero-order valence-corrected chi connectivity index (χ0v) is 75.1. The molecule has 0 spiro atoms. The third kappa shape index (κ3) is 24.8. The Morgan fingerprint density at radius 1 is 0.758 bits per heavy atom. The lowest BCUT2D eigenvalue weighted by Crippen LogP contribution is -2.61. The van der Waals surface area contributed by atoms with E-state index in [-0.39, 0.29) is 105 Å². The summed E-state index contributed by atoms with van der Waals surface area (Å²) in [4.78, 5) is 134. The van der Waals surface area contributed by atoms with Crippen molar-refractivity contribution in [3.8, 4) is 28.4 Å². The summed E-state index contributed by atoms with van der Waals surface area (Å²) in [6.07, 6.45) is 22.7. The number of nitrogen functional groups attached to an aromatic ring is 1. The van der Waals surface area contributed by atoms with Gasteiger partial charge < -0.3 is 89.3 Å². The van der Waals surface area contributed by atoms with E-state index in [4.69, 9.17) is 58.7 Å². The molecule has 1 aliphatic carbocycles. The molecule has 128 heavy (non-hydrogen) atoms. The average molecular weight is 1770 g/mol. The predicted octanol–water partition coefficient (Wildman–Crippen LogP) is 8.57. The number of esters is 1. The van der Waals surface area contributed by atoms with Crippen LogP contribution in [0.2, 0.25) is 0 Å². The molecule has 692 valence electrons. The van der Waals surface area contributed by atoms with Gasteiger partial charge in [0.05, 0.1) is 86.8 Å². The molecule has 15 atom stereocenters. The van der Waals surface area contributed by atoms with Gasteiger partial charge in [0.2, 0.25) is 23.6 Å². The van der Waals surface area contributed by atoms with Gasteiger partial charge in [-0.3, -0.25) is 28.8 Å². The molecule has 4 aliphatic heterocycles. The number of carbonyl (C=O) groups excluding carboxylic acids is 7. The normalized spacial score (nSPS) is 27.0. The minimum atomic E-state index is -2.48. The number of aromatic nitrogens is 12. The number of ether oxygens (including phenoxy) is 8. The number of aryl methyl sites for hydroxylation is 1. The molecule has 8 N–H and O–H groups in total. The molecule has 4 fully saturated rings. The minimum absolute atomic E-state index is 0.0177. The predicted molar refractivity (Wildman–Crippen MR) is 476 cm³/mol. The molecule has 7 aromatic rings. The number of aromatic amines is 1. The molecule has 1 saturated carbocycles. The molecule has 5 aliphatic rings. The van der Waals surface area contributed by atoms with Crippen LogP contribution in [0.4, 0.5) is 17.7 Å². The number of piperazine rings is 1. The van der Waals surface area contributed by atoms with Crippen LogP contribution < -0.4 is 26.2 Å². The van der Waals surface area contributed by atoms with Gasteiger partial charge in [-0.05, 0) is 144 Å². The van der Waals surface area contributed by atoms with Crippen LogP contribution in [0.1, 0.15) is 161 Å². The lowest BCUT2D eigenvalue weighted by molar-refractivity contribution is -0.265. The molecule has 1 aromatic carbocycles. The van der Waals surface area contributed by atoms with Gasteiger partial charge >= 0.3 is 5.97 Å². The number of anilines is 3. The molecule has 10 heterocycles. The summed E-state index contributed by atoms with van der Waals surface area (Å²) < 4.78 is 51.0. The SMILES string of the molecule is CO[C@H]1C[C@@H]2CC[C@@H](C)[C@@](O)(O2)C(=O)C(=O)N2CCCC[C@H]2C(=O)O[C@H]([C@H](C)C[C@@H]2CC[C@H](n3cc(-c4cnc(N5CCN(c6ncc(C(=O)NCCOCCOCCOCCC(=O)NCCCCn7nc(-c8cc9cc(O)ccc9[nH]8)c8c(N)ncnc87)cn6)CC5)nc4)nn3)[C@H](OC)C2)CC(=O)[C@H](C)/C=C(\C)[C@@H](O)[C@@H](OC)C(=O)[C@H](C)C[C@H](C)/C=C/C=C/C=C/1C. The number of carbonyl (C=O) groups is 7. The number of fused-ring (bicyclic) bond motifs is 5. The first-order valence-electron chi connectivity index (χ1n) is 44.8. The van der Waals surface area contributed by atoms with Crippen molar-refractivity contribution in [2.45, 2.75) is 206 Å². The van der Waals surface area contributed by atoms with E-state index in [9.17, 15) is 48.9 Å². The number of Topliss-reactive ketones (excluding diaryl/α,β-unsaturated/α-hetero) is 3. The minimum Gasteiger partial charge on any atom is -0.508 e. The Morgan fingerprint density at radius 2 is 1.48 bits per heavy atom. The van der Waals surface area contributed by atoms with Crippen molar-refractivity contribution < 1.29 is 86.8 Å². The van der Waals surface area contributed by atoms with E-state index < -0.39 is 83.7 Å². The van der Waals surface area contributed by atoms with Crippen molar-refractivity contribution in [3.63, 3.8) is 0 Å². The number of aromatic hydroxyl groups is 1. The van der Waals surface area contributed by atoms with Crippen molar-refractivity contribution in [1.82, 2.24) is 75.2 Å². The van der Waals surface area contributed by atoms with Crippen LogP contribution in [0.15, 0.2) is 109 Å². The van der Waals surface area contributed by atoms with Crippen LogP contribution in [0.25, 0.3) is 44.6 Å². The van der Waals surface area contributed by atoms with E-state index in [0.29, 0.717) is 180 Å². The second-order valence-electron chi connectivity index (χ2n) is 34.6. The molecule has 0 radical (unpaired) electrons. The number of aliphatic hydroxyl groups excluding tert-OH is 1. The van der Waals surface area contributed by atoms with E-state index in [1.165, 1.54) is 30.7 Å². The fourth-order valence-electron chi connectivity index (χ4n) is 17.7. The standard InChI is InChI=1S/C92H126N18O18/c1-56-18-12-11-13-19-57(2)75(121-8)48-68-24-21-62(7)92(120,128-68)84(116)88(118)108-30-16-14-20-73(108)89(119)127-76(49-74(112)58(3)43-61(6)82(115)83(123-10)81(114)60(5)42-56)59(4)44-63-22-26-72(77(45-63)122-9)110-54-71(103-105-110)65-50-96-90(97-51-65)106-32-34-107(35-33-106)91-98-52-66(53-99-91)87(117)95-29-37-125-39-41-126-40-38-124-36-27-78(113)94-28-15-17-31-109-86-79(85(93)100-55-101-86)80(104-109)70-47-64-46-67(111)23-25-69(64)102-70/h11-13,18-19,23,25,43,46-47,50-56,58-60,62-63,68,72-73,75-77,82-83,102,111,115,120H,14-17,20-22,24,26-42,44-45,48-49H2,1-10H3,(H,94,113)(H,95,117)(H2,93,100,101)/b13-11+,18-12+,57-19+,61-43+/t56-,58-,59-,60-,62-,63+,68+,72+,73+,75+,76+,77-,82-,83+,92-/m1/s1.